The third-order valence-electron chi connectivity index (χ3n) is 4.28. The average molecular weight is 320 g/mol. The van der Waals surface area contributed by atoms with E-state index in [-0.39, 0.29) is 17.9 Å². The van der Waals surface area contributed by atoms with E-state index >= 15 is 0 Å². The molecule has 1 aliphatic rings. The number of nitrogens with two attached hydrogens (primary N) is 1. The van der Waals surface area contributed by atoms with Gasteiger partial charge in [0.25, 0.3) is 0 Å². The van der Waals surface area contributed by atoms with Gasteiger partial charge in [0.15, 0.2) is 0 Å². The number of ether oxygens (including phenoxy) is 2. The Morgan fingerprint density at radius 1 is 1.43 bits per heavy atom. The van der Waals surface area contributed by atoms with E-state index in [1.807, 2.05) is 37.3 Å². The zero-order valence-corrected chi connectivity index (χ0v) is 13.9. The number of carbonyl (C=O) groups excluding carboxylic acids is 1. The second-order valence-electron chi connectivity index (χ2n) is 6.17. The lowest BCUT2D eigenvalue weighted by Crippen LogP contribution is -2.36. The molecule has 3 unspecified atom stereocenters. The molecule has 0 saturated carbocycles. The van der Waals surface area contributed by atoms with Gasteiger partial charge in [0.05, 0.1) is 19.1 Å². The van der Waals surface area contributed by atoms with Gasteiger partial charge in [-0.2, -0.15) is 0 Å². The van der Waals surface area contributed by atoms with Crippen LogP contribution < -0.4 is 11.1 Å². The highest BCUT2D eigenvalue weighted by molar-refractivity contribution is 5.79. The first-order valence-corrected chi connectivity index (χ1v) is 8.42. The number of rotatable bonds is 9. The molecule has 5 nitrogen and oxygen atoms in total. The fourth-order valence-electron chi connectivity index (χ4n) is 2.64. The van der Waals surface area contributed by atoms with E-state index in [0.717, 1.165) is 38.2 Å². The maximum Gasteiger partial charge on any atom is 0.224 e. The van der Waals surface area contributed by atoms with Crippen molar-refractivity contribution < 1.29 is 14.3 Å². The number of amides is 1. The minimum Gasteiger partial charge on any atom is -0.381 e. The van der Waals surface area contributed by atoms with E-state index in [2.05, 4.69) is 5.32 Å². The van der Waals surface area contributed by atoms with Crippen LogP contribution in [0, 0.1) is 11.8 Å². The molecule has 3 atom stereocenters. The largest absolute Gasteiger partial charge is 0.381 e. The predicted molar refractivity (Wildman–Crippen MR) is 89.9 cm³/mol. The molecular weight excluding hydrogens is 292 g/mol. The van der Waals surface area contributed by atoms with Crippen LogP contribution in [0.15, 0.2) is 30.3 Å². The summed E-state index contributed by atoms with van der Waals surface area (Å²) in [6, 6.07) is 9.44. The van der Waals surface area contributed by atoms with Gasteiger partial charge in [-0.15, -0.1) is 0 Å². The molecule has 0 spiro atoms. The Bertz CT molecular complexity index is 461. The summed E-state index contributed by atoms with van der Waals surface area (Å²) in [5, 5.41) is 2.94. The molecule has 0 aromatic heterocycles. The molecular formula is C18H28N2O3. The van der Waals surface area contributed by atoms with Crippen LogP contribution in [-0.4, -0.2) is 38.9 Å². The Balaban J connectivity index is 1.58. The van der Waals surface area contributed by atoms with Crippen LogP contribution in [0.3, 0.4) is 0 Å². The first-order chi connectivity index (χ1) is 11.2. The van der Waals surface area contributed by atoms with Crippen LogP contribution >= 0.6 is 0 Å². The number of nitrogens with one attached hydrogen (secondary N) is 1. The van der Waals surface area contributed by atoms with E-state index in [1.165, 1.54) is 0 Å². The number of benzene rings is 1. The highest BCUT2D eigenvalue weighted by Gasteiger charge is 2.21. The molecule has 1 amide bonds. The molecule has 1 aliphatic heterocycles. The van der Waals surface area contributed by atoms with Gasteiger partial charge in [0, 0.05) is 31.7 Å². The molecule has 0 radical (unpaired) electrons. The Morgan fingerprint density at radius 3 is 2.91 bits per heavy atom. The standard InChI is InChI=1S/C18H28N2O3/c1-14(17(19)16-6-3-2-4-7-16)18(21)20-9-5-10-22-12-15-8-11-23-13-15/h2-4,6-7,14-15,17H,5,8-13,19H2,1H3,(H,20,21). The number of hydrogen-bond donors (Lipinski definition) is 2. The van der Waals surface area contributed by atoms with Crippen molar-refractivity contribution in [1.82, 2.24) is 5.32 Å². The summed E-state index contributed by atoms with van der Waals surface area (Å²) in [6.07, 6.45) is 1.90. The first-order valence-electron chi connectivity index (χ1n) is 8.42. The molecule has 23 heavy (non-hydrogen) atoms. The van der Waals surface area contributed by atoms with Crippen molar-refractivity contribution in [1.29, 1.82) is 0 Å². The summed E-state index contributed by atoms with van der Waals surface area (Å²) in [7, 11) is 0. The van der Waals surface area contributed by atoms with Gasteiger partial charge in [-0.1, -0.05) is 37.3 Å². The monoisotopic (exact) mass is 320 g/mol. The van der Waals surface area contributed by atoms with Crippen molar-refractivity contribution in [3.8, 4) is 0 Å². The summed E-state index contributed by atoms with van der Waals surface area (Å²) in [5.74, 6) is 0.271. The molecule has 1 heterocycles. The maximum absolute atomic E-state index is 12.2. The van der Waals surface area contributed by atoms with Crippen LogP contribution in [0.5, 0.6) is 0 Å². The fraction of sp³-hybridized carbons (Fsp3) is 0.611. The number of hydrogen-bond acceptors (Lipinski definition) is 4. The van der Waals surface area contributed by atoms with Crippen molar-refractivity contribution in [3.63, 3.8) is 0 Å². The van der Waals surface area contributed by atoms with E-state index in [4.69, 9.17) is 15.2 Å². The first kappa shape index (κ1) is 17.9. The summed E-state index contributed by atoms with van der Waals surface area (Å²) >= 11 is 0. The third kappa shape index (κ3) is 5.94. The molecule has 2 rings (SSSR count). The highest BCUT2D eigenvalue weighted by Crippen LogP contribution is 2.19. The van der Waals surface area contributed by atoms with Gasteiger partial charge in [-0.05, 0) is 18.4 Å². The Labute approximate surface area is 138 Å². The van der Waals surface area contributed by atoms with Crippen LogP contribution in [0.4, 0.5) is 0 Å². The molecule has 0 aliphatic carbocycles. The second kappa shape index (κ2) is 9.65. The van der Waals surface area contributed by atoms with Crippen LogP contribution in [-0.2, 0) is 14.3 Å². The van der Waals surface area contributed by atoms with Gasteiger partial charge in [-0.3, -0.25) is 4.79 Å². The van der Waals surface area contributed by atoms with Gasteiger partial charge in [0.2, 0.25) is 5.91 Å². The zero-order valence-electron chi connectivity index (χ0n) is 13.9. The van der Waals surface area contributed by atoms with Crippen molar-refractivity contribution in [2.24, 2.45) is 17.6 Å². The lowest BCUT2D eigenvalue weighted by atomic mass is 9.95. The summed E-state index contributed by atoms with van der Waals surface area (Å²) in [6.45, 7) is 5.56. The van der Waals surface area contributed by atoms with Crippen LogP contribution in [0.2, 0.25) is 0 Å². The lowest BCUT2D eigenvalue weighted by Gasteiger charge is -2.19. The Morgan fingerprint density at radius 2 is 2.22 bits per heavy atom. The van der Waals surface area contributed by atoms with Gasteiger partial charge in [-0.25, -0.2) is 0 Å². The smallest absolute Gasteiger partial charge is 0.224 e. The normalized spacial score (nSPS) is 20.2. The van der Waals surface area contributed by atoms with Crippen molar-refractivity contribution >= 4 is 5.91 Å². The molecule has 0 bridgehead atoms. The fourth-order valence-corrected chi connectivity index (χ4v) is 2.64. The molecule has 1 fully saturated rings. The molecule has 1 saturated heterocycles. The van der Waals surface area contributed by atoms with Crippen LogP contribution in [0.1, 0.15) is 31.4 Å². The van der Waals surface area contributed by atoms with Crippen molar-refractivity contribution in [2.75, 3.05) is 33.0 Å². The van der Waals surface area contributed by atoms with Gasteiger partial charge >= 0.3 is 0 Å². The lowest BCUT2D eigenvalue weighted by molar-refractivity contribution is -0.125. The minimum absolute atomic E-state index is 0.00875. The SMILES string of the molecule is CC(C(=O)NCCCOCC1CCOC1)C(N)c1ccccc1. The second-order valence-corrected chi connectivity index (χ2v) is 6.17. The molecule has 5 heteroatoms. The predicted octanol–water partition coefficient (Wildman–Crippen LogP) is 1.88. The van der Waals surface area contributed by atoms with Crippen LogP contribution in [0.25, 0.3) is 0 Å². The number of carbonyl (C=O) groups is 1. The topological polar surface area (TPSA) is 73.6 Å². The van der Waals surface area contributed by atoms with E-state index in [1.54, 1.807) is 0 Å². The van der Waals surface area contributed by atoms with Crippen molar-refractivity contribution in [3.05, 3.63) is 35.9 Å². The minimum atomic E-state index is -0.283. The quantitative estimate of drug-likeness (QED) is 0.681. The summed E-state index contributed by atoms with van der Waals surface area (Å²) in [4.78, 5) is 12.2. The Hall–Kier alpha value is -1.43. The third-order valence-corrected chi connectivity index (χ3v) is 4.28. The zero-order chi connectivity index (χ0) is 16.5. The Kier molecular flexibility index (Phi) is 7.52. The molecule has 3 N–H and O–H groups in total. The molecule has 128 valence electrons. The summed E-state index contributed by atoms with van der Waals surface area (Å²) < 4.78 is 10.9. The van der Waals surface area contributed by atoms with Crippen molar-refractivity contribution in [2.45, 2.75) is 25.8 Å². The molecule has 1 aromatic carbocycles. The highest BCUT2D eigenvalue weighted by atomic mass is 16.5. The van der Waals surface area contributed by atoms with Gasteiger partial charge in [0.1, 0.15) is 0 Å². The van der Waals surface area contributed by atoms with Gasteiger partial charge < -0.3 is 20.5 Å². The van der Waals surface area contributed by atoms with E-state index in [0.29, 0.717) is 19.1 Å². The van der Waals surface area contributed by atoms with E-state index < -0.39 is 0 Å². The average Bonchev–Trinajstić information content (AvgIpc) is 3.10. The molecule has 1 aromatic rings. The van der Waals surface area contributed by atoms with E-state index in [9.17, 15) is 4.79 Å². The maximum atomic E-state index is 12.2. The summed E-state index contributed by atoms with van der Waals surface area (Å²) in [5.41, 5.74) is 7.15.